The lowest BCUT2D eigenvalue weighted by molar-refractivity contribution is 0.396. The van der Waals surface area contributed by atoms with Gasteiger partial charge < -0.3 is 5.73 Å². The van der Waals surface area contributed by atoms with Gasteiger partial charge in [-0.3, -0.25) is 4.68 Å². The highest BCUT2D eigenvalue weighted by Gasteiger charge is 2.16. The molecule has 0 aliphatic rings. The van der Waals surface area contributed by atoms with Gasteiger partial charge in [0, 0.05) is 18.3 Å². The molecule has 0 saturated carbocycles. The van der Waals surface area contributed by atoms with Crippen LogP contribution in [0.5, 0.6) is 0 Å². The number of nitriles is 1. The average Bonchev–Trinajstić information content (AvgIpc) is 2.42. The summed E-state index contributed by atoms with van der Waals surface area (Å²) < 4.78 is 1.84. The predicted octanol–water partition coefficient (Wildman–Crippen LogP) is 1.71. The molecule has 0 atom stereocenters. The zero-order valence-electron chi connectivity index (χ0n) is 8.91. The highest BCUT2D eigenvalue weighted by Crippen LogP contribution is 2.20. The number of anilines is 1. The molecule has 0 aromatic carbocycles. The van der Waals surface area contributed by atoms with Gasteiger partial charge in [0.1, 0.15) is 5.82 Å². The molecule has 2 N–H and O–H groups in total. The van der Waals surface area contributed by atoms with Gasteiger partial charge in [0.2, 0.25) is 0 Å². The number of nitrogens with zero attached hydrogens (tertiary/aromatic N) is 3. The predicted molar refractivity (Wildman–Crippen MR) is 55.4 cm³/mol. The summed E-state index contributed by atoms with van der Waals surface area (Å²) >= 11 is 0. The molecule has 0 unspecified atom stereocenters. The van der Waals surface area contributed by atoms with Gasteiger partial charge in [0.15, 0.2) is 0 Å². The summed E-state index contributed by atoms with van der Waals surface area (Å²) in [5.74, 6) is 0.539. The summed E-state index contributed by atoms with van der Waals surface area (Å²) in [6.07, 6.45) is 0.783. The average molecular weight is 192 g/mol. The maximum atomic E-state index is 8.84. The lowest BCUT2D eigenvalue weighted by atomic mass is 9.91. The van der Waals surface area contributed by atoms with Crippen molar-refractivity contribution in [2.45, 2.75) is 33.7 Å². The first kappa shape index (κ1) is 10.6. The molecular formula is C10H16N4. The second-order valence-corrected chi connectivity index (χ2v) is 4.18. The van der Waals surface area contributed by atoms with Crippen LogP contribution in [0.2, 0.25) is 0 Å². The quantitative estimate of drug-likeness (QED) is 0.792. The summed E-state index contributed by atoms with van der Waals surface area (Å²) in [4.78, 5) is 0. The zero-order valence-corrected chi connectivity index (χ0v) is 8.91. The van der Waals surface area contributed by atoms with Crippen LogP contribution in [0.15, 0.2) is 6.07 Å². The van der Waals surface area contributed by atoms with E-state index < -0.39 is 0 Å². The first-order chi connectivity index (χ1) is 6.44. The molecule has 0 amide bonds. The van der Waals surface area contributed by atoms with Crippen LogP contribution in [0.1, 0.15) is 26.0 Å². The van der Waals surface area contributed by atoms with Crippen molar-refractivity contribution in [2.75, 3.05) is 5.73 Å². The van der Waals surface area contributed by atoms with E-state index in [1.807, 2.05) is 31.5 Å². The Labute approximate surface area is 84.3 Å². The van der Waals surface area contributed by atoms with Crippen LogP contribution in [0.25, 0.3) is 0 Å². The van der Waals surface area contributed by atoms with E-state index in [4.69, 9.17) is 11.0 Å². The molecule has 0 spiro atoms. The number of aromatic nitrogens is 2. The Morgan fingerprint density at radius 3 is 2.71 bits per heavy atom. The molecule has 76 valence electrons. The van der Waals surface area contributed by atoms with Gasteiger partial charge in [-0.15, -0.1) is 0 Å². The van der Waals surface area contributed by atoms with Crippen molar-refractivity contribution in [3.8, 4) is 6.07 Å². The Morgan fingerprint density at radius 1 is 1.64 bits per heavy atom. The fourth-order valence-electron chi connectivity index (χ4n) is 1.20. The third-order valence-electron chi connectivity index (χ3n) is 2.25. The molecule has 1 heterocycles. The van der Waals surface area contributed by atoms with Crippen molar-refractivity contribution in [3.63, 3.8) is 0 Å². The monoisotopic (exact) mass is 192 g/mol. The minimum atomic E-state index is -0.298. The molecule has 1 aromatic heterocycles. The van der Waals surface area contributed by atoms with Crippen LogP contribution < -0.4 is 5.73 Å². The molecule has 0 fully saturated rings. The molecular weight excluding hydrogens is 176 g/mol. The first-order valence-corrected chi connectivity index (χ1v) is 4.66. The van der Waals surface area contributed by atoms with Crippen LogP contribution in [0, 0.1) is 23.7 Å². The SMILES string of the molecule is Cc1cc(N)nn1CCC(C)(C)C#N. The van der Waals surface area contributed by atoms with E-state index >= 15 is 0 Å². The Hall–Kier alpha value is -1.50. The van der Waals surface area contributed by atoms with Crippen molar-refractivity contribution < 1.29 is 0 Å². The molecule has 0 aliphatic heterocycles. The van der Waals surface area contributed by atoms with Crippen molar-refractivity contribution in [1.82, 2.24) is 9.78 Å². The maximum absolute atomic E-state index is 8.84. The Bertz CT molecular complexity index is 357. The first-order valence-electron chi connectivity index (χ1n) is 4.66. The number of aryl methyl sites for hydroxylation is 2. The van der Waals surface area contributed by atoms with Gasteiger partial charge in [-0.2, -0.15) is 10.4 Å². The number of rotatable bonds is 3. The highest BCUT2D eigenvalue weighted by molar-refractivity contribution is 5.28. The third-order valence-corrected chi connectivity index (χ3v) is 2.25. The Morgan fingerprint density at radius 2 is 2.29 bits per heavy atom. The number of nitrogen functional groups attached to an aromatic ring is 1. The van der Waals surface area contributed by atoms with Crippen molar-refractivity contribution >= 4 is 5.82 Å². The second kappa shape index (κ2) is 3.70. The van der Waals surface area contributed by atoms with Gasteiger partial charge in [-0.05, 0) is 27.2 Å². The topological polar surface area (TPSA) is 67.6 Å². The standard InChI is InChI=1S/C10H16N4/c1-8-6-9(12)13-14(8)5-4-10(2,3)7-11/h6H,4-5H2,1-3H3,(H2,12,13). The molecule has 0 aliphatic carbocycles. The van der Waals surface area contributed by atoms with Crippen molar-refractivity contribution in [1.29, 1.82) is 5.26 Å². The Balaban J connectivity index is 2.63. The van der Waals surface area contributed by atoms with Gasteiger partial charge in [-0.25, -0.2) is 0 Å². The van der Waals surface area contributed by atoms with Crippen molar-refractivity contribution in [2.24, 2.45) is 5.41 Å². The summed E-state index contributed by atoms with van der Waals surface area (Å²) in [7, 11) is 0. The summed E-state index contributed by atoms with van der Waals surface area (Å²) in [5.41, 5.74) is 6.29. The highest BCUT2D eigenvalue weighted by atomic mass is 15.3. The fraction of sp³-hybridized carbons (Fsp3) is 0.600. The molecule has 1 aromatic rings. The fourth-order valence-corrected chi connectivity index (χ4v) is 1.20. The molecule has 0 saturated heterocycles. The van der Waals surface area contributed by atoms with Crippen LogP contribution in [-0.4, -0.2) is 9.78 Å². The van der Waals surface area contributed by atoms with Crippen LogP contribution >= 0.6 is 0 Å². The van der Waals surface area contributed by atoms with E-state index in [2.05, 4.69) is 11.2 Å². The normalized spacial score (nSPS) is 11.3. The summed E-state index contributed by atoms with van der Waals surface area (Å²) in [6, 6.07) is 4.10. The summed E-state index contributed by atoms with van der Waals surface area (Å²) in [6.45, 7) is 6.55. The van der Waals surface area contributed by atoms with Crippen LogP contribution in [0.4, 0.5) is 5.82 Å². The van der Waals surface area contributed by atoms with Gasteiger partial charge in [-0.1, -0.05) is 0 Å². The molecule has 4 heteroatoms. The van der Waals surface area contributed by atoms with E-state index in [-0.39, 0.29) is 5.41 Å². The number of nitrogens with two attached hydrogens (primary N) is 1. The molecule has 1 rings (SSSR count). The minimum absolute atomic E-state index is 0.298. The second-order valence-electron chi connectivity index (χ2n) is 4.18. The van der Waals surface area contributed by atoms with Gasteiger partial charge >= 0.3 is 0 Å². The Kier molecular flexibility index (Phi) is 2.80. The molecule has 0 radical (unpaired) electrons. The maximum Gasteiger partial charge on any atom is 0.145 e. The number of hydrogen-bond acceptors (Lipinski definition) is 3. The van der Waals surface area contributed by atoms with E-state index in [0.717, 1.165) is 18.7 Å². The van der Waals surface area contributed by atoms with Crippen LogP contribution in [-0.2, 0) is 6.54 Å². The molecule has 14 heavy (non-hydrogen) atoms. The largest absolute Gasteiger partial charge is 0.382 e. The smallest absolute Gasteiger partial charge is 0.145 e. The lowest BCUT2D eigenvalue weighted by Crippen LogP contribution is -2.14. The van der Waals surface area contributed by atoms with Crippen molar-refractivity contribution in [3.05, 3.63) is 11.8 Å². The van der Waals surface area contributed by atoms with E-state index in [1.54, 1.807) is 0 Å². The van der Waals surface area contributed by atoms with Gasteiger partial charge in [0.05, 0.1) is 11.5 Å². The molecule has 0 bridgehead atoms. The van der Waals surface area contributed by atoms with E-state index in [0.29, 0.717) is 5.82 Å². The zero-order chi connectivity index (χ0) is 10.8. The lowest BCUT2D eigenvalue weighted by Gasteiger charge is -2.14. The minimum Gasteiger partial charge on any atom is -0.382 e. The van der Waals surface area contributed by atoms with E-state index in [1.165, 1.54) is 0 Å². The number of hydrogen-bond donors (Lipinski definition) is 1. The summed E-state index contributed by atoms with van der Waals surface area (Å²) in [5, 5.41) is 13.0. The van der Waals surface area contributed by atoms with E-state index in [9.17, 15) is 0 Å². The van der Waals surface area contributed by atoms with Crippen LogP contribution in [0.3, 0.4) is 0 Å². The third kappa shape index (κ3) is 2.49. The molecule has 4 nitrogen and oxygen atoms in total. The van der Waals surface area contributed by atoms with Gasteiger partial charge in [0.25, 0.3) is 0 Å².